The van der Waals surface area contributed by atoms with Crippen molar-refractivity contribution in [3.63, 3.8) is 0 Å². The maximum Gasteiger partial charge on any atom is 0.314 e. The summed E-state index contributed by atoms with van der Waals surface area (Å²) in [5.74, 6) is -0.578. The highest BCUT2D eigenvalue weighted by Gasteiger charge is 2.53. The summed E-state index contributed by atoms with van der Waals surface area (Å²) in [6.45, 7) is 0. The SMILES string of the molecule is COc1cc(S(C)(=O)=O)ccc1C1(C(=O)O)CC1. The lowest BCUT2D eigenvalue weighted by atomic mass is 9.95. The number of carboxylic acid groups (broad SMARTS) is 1. The van der Waals surface area contributed by atoms with Crippen LogP contribution in [0.3, 0.4) is 0 Å². The van der Waals surface area contributed by atoms with Crippen LogP contribution in [0.1, 0.15) is 18.4 Å². The van der Waals surface area contributed by atoms with Crippen molar-refractivity contribution in [2.45, 2.75) is 23.2 Å². The van der Waals surface area contributed by atoms with Gasteiger partial charge in [-0.25, -0.2) is 8.42 Å². The molecule has 0 aliphatic heterocycles. The normalized spacial score (nSPS) is 17.2. The van der Waals surface area contributed by atoms with Gasteiger partial charge in [-0.05, 0) is 25.0 Å². The molecule has 0 radical (unpaired) electrons. The predicted octanol–water partition coefficient (Wildman–Crippen LogP) is 1.21. The van der Waals surface area contributed by atoms with Gasteiger partial charge in [-0.15, -0.1) is 0 Å². The maximum atomic E-state index is 11.4. The molecule has 2 rings (SSSR count). The zero-order chi connectivity index (χ0) is 13.6. The molecular formula is C12H14O5S. The number of ether oxygens (including phenoxy) is 1. The Morgan fingerprint density at radius 3 is 2.39 bits per heavy atom. The highest BCUT2D eigenvalue weighted by atomic mass is 32.2. The van der Waals surface area contributed by atoms with E-state index in [1.54, 1.807) is 0 Å². The Hall–Kier alpha value is -1.56. The summed E-state index contributed by atoms with van der Waals surface area (Å²) in [5, 5.41) is 9.23. The fourth-order valence-electron chi connectivity index (χ4n) is 2.02. The van der Waals surface area contributed by atoms with E-state index in [4.69, 9.17) is 4.74 Å². The van der Waals surface area contributed by atoms with Crippen LogP contribution in [0.2, 0.25) is 0 Å². The molecule has 1 N–H and O–H groups in total. The first-order chi connectivity index (χ1) is 8.31. The molecule has 1 aliphatic rings. The smallest absolute Gasteiger partial charge is 0.314 e. The maximum absolute atomic E-state index is 11.4. The molecule has 0 spiro atoms. The molecule has 0 amide bonds. The van der Waals surface area contributed by atoms with Crippen LogP contribution in [0.4, 0.5) is 0 Å². The number of benzene rings is 1. The standard InChI is InChI=1S/C12H14O5S/c1-17-10-7-8(18(2,15)16)3-4-9(10)12(5-6-12)11(13)14/h3-4,7H,5-6H2,1-2H3,(H,13,14). The van der Waals surface area contributed by atoms with Crippen LogP contribution < -0.4 is 4.74 Å². The summed E-state index contributed by atoms with van der Waals surface area (Å²) in [4.78, 5) is 11.4. The number of sulfone groups is 1. The molecule has 0 atom stereocenters. The molecule has 6 heteroatoms. The minimum Gasteiger partial charge on any atom is -0.496 e. The Kier molecular flexibility index (Phi) is 2.85. The number of aliphatic carboxylic acids is 1. The van der Waals surface area contributed by atoms with Crippen LogP contribution in [0.15, 0.2) is 23.1 Å². The van der Waals surface area contributed by atoms with E-state index in [0.29, 0.717) is 24.2 Å². The van der Waals surface area contributed by atoms with Gasteiger partial charge in [0, 0.05) is 11.8 Å². The molecule has 18 heavy (non-hydrogen) atoms. The largest absolute Gasteiger partial charge is 0.496 e. The van der Waals surface area contributed by atoms with E-state index in [1.165, 1.54) is 25.3 Å². The van der Waals surface area contributed by atoms with Gasteiger partial charge in [0.25, 0.3) is 0 Å². The van der Waals surface area contributed by atoms with Crippen molar-refractivity contribution in [1.29, 1.82) is 0 Å². The van der Waals surface area contributed by atoms with Gasteiger partial charge in [0.1, 0.15) is 5.75 Å². The van der Waals surface area contributed by atoms with E-state index in [9.17, 15) is 18.3 Å². The highest BCUT2D eigenvalue weighted by Crippen LogP contribution is 2.51. The van der Waals surface area contributed by atoms with Gasteiger partial charge in [0.15, 0.2) is 9.84 Å². The van der Waals surface area contributed by atoms with E-state index >= 15 is 0 Å². The molecule has 0 unspecified atom stereocenters. The van der Waals surface area contributed by atoms with E-state index in [2.05, 4.69) is 0 Å². The van der Waals surface area contributed by atoms with Crippen molar-refractivity contribution in [1.82, 2.24) is 0 Å². The lowest BCUT2D eigenvalue weighted by Gasteiger charge is -2.15. The fraction of sp³-hybridized carbons (Fsp3) is 0.417. The summed E-state index contributed by atoms with van der Waals surface area (Å²) in [6.07, 6.45) is 2.21. The average molecular weight is 270 g/mol. The monoisotopic (exact) mass is 270 g/mol. The van der Waals surface area contributed by atoms with Gasteiger partial charge in [-0.1, -0.05) is 6.07 Å². The molecule has 0 bridgehead atoms. The Morgan fingerprint density at radius 2 is 2.00 bits per heavy atom. The number of hydrogen-bond acceptors (Lipinski definition) is 4. The van der Waals surface area contributed by atoms with Crippen LogP contribution in [-0.4, -0.2) is 32.9 Å². The summed E-state index contributed by atoms with van der Waals surface area (Å²) < 4.78 is 28.0. The first-order valence-electron chi connectivity index (χ1n) is 5.43. The molecule has 0 heterocycles. The van der Waals surface area contributed by atoms with Crippen molar-refractivity contribution < 1.29 is 23.1 Å². The molecule has 0 saturated heterocycles. The number of carboxylic acids is 1. The summed E-state index contributed by atoms with van der Waals surface area (Å²) in [6, 6.07) is 4.35. The highest BCUT2D eigenvalue weighted by molar-refractivity contribution is 7.90. The molecule has 98 valence electrons. The Morgan fingerprint density at radius 1 is 1.39 bits per heavy atom. The minimum absolute atomic E-state index is 0.129. The lowest BCUT2D eigenvalue weighted by Crippen LogP contribution is -2.20. The van der Waals surface area contributed by atoms with Crippen molar-refractivity contribution in [2.75, 3.05) is 13.4 Å². The van der Waals surface area contributed by atoms with Gasteiger partial charge in [-0.3, -0.25) is 4.79 Å². The number of carbonyl (C=O) groups is 1. The van der Waals surface area contributed by atoms with Crippen LogP contribution in [-0.2, 0) is 20.0 Å². The number of methoxy groups -OCH3 is 1. The van der Waals surface area contributed by atoms with Gasteiger partial charge < -0.3 is 9.84 Å². The van der Waals surface area contributed by atoms with Crippen molar-refractivity contribution in [3.05, 3.63) is 23.8 Å². The van der Waals surface area contributed by atoms with Crippen molar-refractivity contribution >= 4 is 15.8 Å². The molecule has 1 fully saturated rings. The van der Waals surface area contributed by atoms with Crippen molar-refractivity contribution in [3.8, 4) is 5.75 Å². The molecule has 1 aromatic carbocycles. The third kappa shape index (κ3) is 1.96. The third-order valence-corrected chi connectivity index (χ3v) is 4.39. The number of rotatable bonds is 4. The first-order valence-corrected chi connectivity index (χ1v) is 7.32. The molecule has 0 aromatic heterocycles. The van der Waals surface area contributed by atoms with Gasteiger partial charge in [0.2, 0.25) is 0 Å². The van der Waals surface area contributed by atoms with E-state index in [0.717, 1.165) is 6.26 Å². The number of hydrogen-bond donors (Lipinski definition) is 1. The second kappa shape index (κ2) is 3.98. The first kappa shape index (κ1) is 12.9. The van der Waals surface area contributed by atoms with Crippen LogP contribution in [0.25, 0.3) is 0 Å². The molecular weight excluding hydrogens is 256 g/mol. The van der Waals surface area contributed by atoms with Crippen LogP contribution >= 0.6 is 0 Å². The average Bonchev–Trinajstić information content (AvgIpc) is 3.08. The predicted molar refractivity (Wildman–Crippen MR) is 64.7 cm³/mol. The summed E-state index contributed by atoms with van der Waals surface area (Å²) in [5.41, 5.74) is -0.355. The van der Waals surface area contributed by atoms with Gasteiger partial charge >= 0.3 is 5.97 Å². The van der Waals surface area contributed by atoms with E-state index < -0.39 is 21.2 Å². The Balaban J connectivity index is 2.55. The third-order valence-electron chi connectivity index (χ3n) is 3.28. The molecule has 1 aliphatic carbocycles. The van der Waals surface area contributed by atoms with E-state index in [-0.39, 0.29) is 4.90 Å². The zero-order valence-corrected chi connectivity index (χ0v) is 11.0. The summed E-state index contributed by atoms with van der Waals surface area (Å²) in [7, 11) is -1.92. The van der Waals surface area contributed by atoms with E-state index in [1.807, 2.05) is 0 Å². The van der Waals surface area contributed by atoms with Crippen LogP contribution in [0, 0.1) is 0 Å². The van der Waals surface area contributed by atoms with Crippen LogP contribution in [0.5, 0.6) is 5.75 Å². The summed E-state index contributed by atoms with van der Waals surface area (Å²) >= 11 is 0. The lowest BCUT2D eigenvalue weighted by molar-refractivity contribution is -0.140. The second-order valence-electron chi connectivity index (χ2n) is 4.52. The molecule has 5 nitrogen and oxygen atoms in total. The van der Waals surface area contributed by atoms with Gasteiger partial charge in [0.05, 0.1) is 17.4 Å². The van der Waals surface area contributed by atoms with Crippen molar-refractivity contribution in [2.24, 2.45) is 0 Å². The quantitative estimate of drug-likeness (QED) is 0.889. The molecule has 1 saturated carbocycles. The minimum atomic E-state index is -3.32. The topological polar surface area (TPSA) is 80.7 Å². The Bertz CT molecular complexity index is 599. The van der Waals surface area contributed by atoms with Gasteiger partial charge in [-0.2, -0.15) is 0 Å². The second-order valence-corrected chi connectivity index (χ2v) is 6.54. The molecule has 1 aromatic rings. The fourth-order valence-corrected chi connectivity index (χ4v) is 2.66. The Labute approximate surface area is 105 Å². The zero-order valence-electron chi connectivity index (χ0n) is 10.1.